The van der Waals surface area contributed by atoms with Crippen molar-refractivity contribution < 1.29 is 9.25 Å². The number of rotatable bonds is 5. The Bertz CT molecular complexity index is 243. The van der Waals surface area contributed by atoms with Gasteiger partial charge in [-0.3, -0.25) is 0 Å². The van der Waals surface area contributed by atoms with E-state index in [4.69, 9.17) is 9.25 Å². The smallest absolute Gasteiger partial charge is 0.120 e. The minimum Gasteiger partial charge on any atom is -0.465 e. The van der Waals surface area contributed by atoms with Crippen LogP contribution in [0.2, 0.25) is 0 Å². The van der Waals surface area contributed by atoms with Gasteiger partial charge in [0, 0.05) is 0 Å². The molecule has 0 spiro atoms. The van der Waals surface area contributed by atoms with Crippen molar-refractivity contribution in [3.05, 3.63) is 23.7 Å². The first-order valence-electron chi connectivity index (χ1n) is 4.58. The Kier molecular flexibility index (Phi) is 3.99. The lowest BCUT2D eigenvalue weighted by atomic mass is 10.2. The average Bonchev–Trinajstić information content (AvgIpc) is 2.45. The van der Waals surface area contributed by atoms with Crippen LogP contribution in [0.3, 0.4) is 0 Å². The summed E-state index contributed by atoms with van der Waals surface area (Å²) < 4.78 is 5.35. The molecule has 1 aromatic rings. The third kappa shape index (κ3) is 4.10. The molecule has 0 radical (unpaired) electrons. The Morgan fingerprint density at radius 1 is 1.46 bits per heavy atom. The van der Waals surface area contributed by atoms with E-state index in [2.05, 4.69) is 19.3 Å². The van der Waals surface area contributed by atoms with Crippen LogP contribution in [0.4, 0.5) is 0 Å². The van der Waals surface area contributed by atoms with Gasteiger partial charge in [-0.25, -0.2) is 0 Å². The highest BCUT2D eigenvalue weighted by atomic mass is 16.6. The minimum absolute atomic E-state index is 0.547. The van der Waals surface area contributed by atoms with Gasteiger partial charge in [-0.05, 0) is 25.0 Å². The lowest BCUT2D eigenvalue weighted by Crippen LogP contribution is -2.16. The van der Waals surface area contributed by atoms with Gasteiger partial charge in [-0.15, -0.1) is 0 Å². The predicted molar refractivity (Wildman–Crippen MR) is 51.1 cm³/mol. The van der Waals surface area contributed by atoms with Gasteiger partial charge < -0.3 is 9.25 Å². The maximum Gasteiger partial charge on any atom is 0.120 e. The van der Waals surface area contributed by atoms with Gasteiger partial charge >= 0.3 is 0 Å². The quantitative estimate of drug-likeness (QED) is 0.561. The molecule has 0 aliphatic rings. The van der Waals surface area contributed by atoms with Crippen molar-refractivity contribution in [2.24, 2.45) is 5.92 Å². The SMILES string of the molecule is Cc1ccc(CNOCC(C)C)o1. The van der Waals surface area contributed by atoms with Crippen LogP contribution in [0.5, 0.6) is 0 Å². The van der Waals surface area contributed by atoms with Crippen molar-refractivity contribution in [3.63, 3.8) is 0 Å². The Hall–Kier alpha value is -0.800. The van der Waals surface area contributed by atoms with E-state index in [1.165, 1.54) is 0 Å². The molecule has 1 N–H and O–H groups in total. The predicted octanol–water partition coefficient (Wildman–Crippen LogP) is 2.27. The highest BCUT2D eigenvalue weighted by molar-refractivity contribution is 5.04. The molecule has 0 aromatic carbocycles. The number of aryl methyl sites for hydroxylation is 1. The Morgan fingerprint density at radius 2 is 2.23 bits per heavy atom. The Balaban J connectivity index is 2.13. The number of nitrogens with one attached hydrogen (secondary N) is 1. The fraction of sp³-hybridized carbons (Fsp3) is 0.600. The maximum absolute atomic E-state index is 5.35. The van der Waals surface area contributed by atoms with Gasteiger partial charge in [-0.1, -0.05) is 13.8 Å². The van der Waals surface area contributed by atoms with Gasteiger partial charge in [-0.2, -0.15) is 5.48 Å². The molecule has 3 heteroatoms. The van der Waals surface area contributed by atoms with E-state index in [1.54, 1.807) is 0 Å². The fourth-order valence-electron chi connectivity index (χ4n) is 0.928. The zero-order valence-electron chi connectivity index (χ0n) is 8.46. The zero-order chi connectivity index (χ0) is 9.68. The van der Waals surface area contributed by atoms with Crippen LogP contribution in [0.25, 0.3) is 0 Å². The molecule has 0 atom stereocenters. The molecule has 74 valence electrons. The standard InChI is InChI=1S/C10H17NO2/c1-8(2)7-12-11-6-10-5-4-9(3)13-10/h4-5,8,11H,6-7H2,1-3H3. The first-order chi connectivity index (χ1) is 6.18. The molecular weight excluding hydrogens is 166 g/mol. The molecule has 0 unspecified atom stereocenters. The van der Waals surface area contributed by atoms with Crippen LogP contribution < -0.4 is 5.48 Å². The average molecular weight is 183 g/mol. The monoisotopic (exact) mass is 183 g/mol. The molecule has 1 rings (SSSR count). The lowest BCUT2D eigenvalue weighted by molar-refractivity contribution is 0.0164. The van der Waals surface area contributed by atoms with Crippen LogP contribution in [0.1, 0.15) is 25.4 Å². The molecule has 0 amide bonds. The Morgan fingerprint density at radius 3 is 2.77 bits per heavy atom. The molecule has 3 nitrogen and oxygen atoms in total. The van der Waals surface area contributed by atoms with Gasteiger partial charge in [0.15, 0.2) is 0 Å². The van der Waals surface area contributed by atoms with Gasteiger partial charge in [0.25, 0.3) is 0 Å². The molecule has 1 heterocycles. The molecular formula is C10H17NO2. The second-order valence-electron chi connectivity index (χ2n) is 3.54. The first-order valence-corrected chi connectivity index (χ1v) is 4.58. The highest BCUT2D eigenvalue weighted by Gasteiger charge is 1.98. The van der Waals surface area contributed by atoms with E-state index in [1.807, 2.05) is 19.1 Å². The molecule has 0 aliphatic carbocycles. The molecule has 0 fully saturated rings. The van der Waals surface area contributed by atoms with Gasteiger partial charge in [0.1, 0.15) is 11.5 Å². The summed E-state index contributed by atoms with van der Waals surface area (Å²) in [6.45, 7) is 7.50. The van der Waals surface area contributed by atoms with Crippen molar-refractivity contribution in [3.8, 4) is 0 Å². The molecule has 13 heavy (non-hydrogen) atoms. The number of hydrogen-bond acceptors (Lipinski definition) is 3. The third-order valence-corrected chi connectivity index (χ3v) is 1.56. The van der Waals surface area contributed by atoms with Crippen LogP contribution in [-0.4, -0.2) is 6.61 Å². The summed E-state index contributed by atoms with van der Waals surface area (Å²) in [5.41, 5.74) is 2.85. The number of furan rings is 1. The molecule has 0 saturated carbocycles. The van der Waals surface area contributed by atoms with Crippen LogP contribution in [-0.2, 0) is 11.4 Å². The molecule has 0 saturated heterocycles. The minimum atomic E-state index is 0.547. The van der Waals surface area contributed by atoms with E-state index in [9.17, 15) is 0 Å². The van der Waals surface area contributed by atoms with E-state index in [0.717, 1.165) is 18.1 Å². The zero-order valence-corrected chi connectivity index (χ0v) is 8.46. The normalized spacial score (nSPS) is 11.1. The van der Waals surface area contributed by atoms with Crippen molar-refractivity contribution in [1.82, 2.24) is 5.48 Å². The number of hydrogen-bond donors (Lipinski definition) is 1. The molecule has 0 aliphatic heterocycles. The van der Waals surface area contributed by atoms with Gasteiger partial charge in [0.05, 0.1) is 13.2 Å². The summed E-state index contributed by atoms with van der Waals surface area (Å²) in [7, 11) is 0. The largest absolute Gasteiger partial charge is 0.465 e. The molecule has 1 aromatic heterocycles. The van der Waals surface area contributed by atoms with Gasteiger partial charge in [0.2, 0.25) is 0 Å². The summed E-state index contributed by atoms with van der Waals surface area (Å²) in [5.74, 6) is 2.38. The second-order valence-corrected chi connectivity index (χ2v) is 3.54. The summed E-state index contributed by atoms with van der Waals surface area (Å²) >= 11 is 0. The summed E-state index contributed by atoms with van der Waals surface area (Å²) in [5, 5.41) is 0. The summed E-state index contributed by atoms with van der Waals surface area (Å²) in [6.07, 6.45) is 0. The van der Waals surface area contributed by atoms with Crippen LogP contribution in [0.15, 0.2) is 16.5 Å². The fourth-order valence-corrected chi connectivity index (χ4v) is 0.928. The van der Waals surface area contributed by atoms with E-state index < -0.39 is 0 Å². The maximum atomic E-state index is 5.35. The van der Waals surface area contributed by atoms with E-state index in [0.29, 0.717) is 12.5 Å². The third-order valence-electron chi connectivity index (χ3n) is 1.56. The topological polar surface area (TPSA) is 34.4 Å². The summed E-state index contributed by atoms with van der Waals surface area (Å²) in [6, 6.07) is 3.89. The van der Waals surface area contributed by atoms with Crippen molar-refractivity contribution in [2.45, 2.75) is 27.3 Å². The van der Waals surface area contributed by atoms with Crippen molar-refractivity contribution in [1.29, 1.82) is 0 Å². The van der Waals surface area contributed by atoms with Crippen molar-refractivity contribution in [2.75, 3.05) is 6.61 Å². The van der Waals surface area contributed by atoms with Crippen LogP contribution >= 0.6 is 0 Å². The van der Waals surface area contributed by atoms with Crippen molar-refractivity contribution >= 4 is 0 Å². The number of hydroxylamine groups is 1. The van der Waals surface area contributed by atoms with E-state index >= 15 is 0 Å². The molecule has 0 bridgehead atoms. The second kappa shape index (κ2) is 5.04. The lowest BCUT2D eigenvalue weighted by Gasteiger charge is -2.05. The highest BCUT2D eigenvalue weighted by Crippen LogP contribution is 2.05. The first kappa shape index (κ1) is 10.3. The van der Waals surface area contributed by atoms with Crippen LogP contribution in [0, 0.1) is 12.8 Å². The Labute approximate surface area is 79.0 Å². The van der Waals surface area contributed by atoms with E-state index in [-0.39, 0.29) is 0 Å². The summed E-state index contributed by atoms with van der Waals surface area (Å²) in [4.78, 5) is 5.20.